The standard InChI is InChI=1S/C13H27N3O/c1-5-16(6-2)13(17)11(3)15(4)12-7-9-14-10-8-12/h11-12,14H,5-10H2,1-4H3. The summed E-state index contributed by atoms with van der Waals surface area (Å²) in [5.74, 6) is 0.260. The summed E-state index contributed by atoms with van der Waals surface area (Å²) in [6, 6.07) is 0.545. The van der Waals surface area contributed by atoms with Crippen LogP contribution in [-0.2, 0) is 4.79 Å². The molecule has 1 aliphatic heterocycles. The van der Waals surface area contributed by atoms with Gasteiger partial charge in [-0.25, -0.2) is 0 Å². The number of hydrogen-bond donors (Lipinski definition) is 1. The highest BCUT2D eigenvalue weighted by Gasteiger charge is 2.27. The van der Waals surface area contributed by atoms with Crippen molar-refractivity contribution in [2.75, 3.05) is 33.2 Å². The van der Waals surface area contributed by atoms with Crippen LogP contribution in [0.5, 0.6) is 0 Å². The molecule has 0 aromatic carbocycles. The molecule has 1 amide bonds. The second-order valence-electron chi connectivity index (χ2n) is 4.83. The van der Waals surface area contributed by atoms with Crippen LogP contribution in [0, 0.1) is 0 Å². The maximum atomic E-state index is 12.3. The van der Waals surface area contributed by atoms with E-state index >= 15 is 0 Å². The lowest BCUT2D eigenvalue weighted by molar-refractivity contribution is -0.136. The highest BCUT2D eigenvalue weighted by Crippen LogP contribution is 2.14. The van der Waals surface area contributed by atoms with Crippen LogP contribution in [0.3, 0.4) is 0 Å². The van der Waals surface area contributed by atoms with Crippen LogP contribution >= 0.6 is 0 Å². The Morgan fingerprint density at radius 2 is 1.82 bits per heavy atom. The predicted molar refractivity (Wildman–Crippen MR) is 71.0 cm³/mol. The molecule has 1 fully saturated rings. The molecule has 100 valence electrons. The second-order valence-corrected chi connectivity index (χ2v) is 4.83. The van der Waals surface area contributed by atoms with Gasteiger partial charge in [-0.2, -0.15) is 0 Å². The molecule has 1 rings (SSSR count). The molecule has 0 bridgehead atoms. The first-order valence-electron chi connectivity index (χ1n) is 6.83. The lowest BCUT2D eigenvalue weighted by Gasteiger charge is -2.36. The minimum Gasteiger partial charge on any atom is -0.342 e. The van der Waals surface area contributed by atoms with Crippen LogP contribution in [-0.4, -0.2) is 61.0 Å². The third-order valence-electron chi connectivity index (χ3n) is 3.93. The summed E-state index contributed by atoms with van der Waals surface area (Å²) in [6.07, 6.45) is 2.29. The van der Waals surface area contributed by atoms with E-state index < -0.39 is 0 Å². The molecule has 17 heavy (non-hydrogen) atoms. The van der Waals surface area contributed by atoms with Crippen molar-refractivity contribution in [2.24, 2.45) is 0 Å². The third kappa shape index (κ3) is 3.68. The van der Waals surface area contributed by atoms with Crippen molar-refractivity contribution >= 4 is 5.91 Å². The average molecular weight is 241 g/mol. The van der Waals surface area contributed by atoms with Crippen LogP contribution in [0.1, 0.15) is 33.6 Å². The number of likely N-dealkylation sites (N-methyl/N-ethyl adjacent to an activating group) is 2. The van der Waals surface area contributed by atoms with Crippen LogP contribution < -0.4 is 5.32 Å². The quantitative estimate of drug-likeness (QED) is 0.778. The summed E-state index contributed by atoms with van der Waals surface area (Å²) < 4.78 is 0. The third-order valence-corrected chi connectivity index (χ3v) is 3.93. The Balaban J connectivity index is 2.54. The molecule has 0 radical (unpaired) electrons. The Kier molecular flexibility index (Phi) is 5.92. The minimum atomic E-state index is -0.00185. The van der Waals surface area contributed by atoms with Gasteiger partial charge in [-0.3, -0.25) is 9.69 Å². The summed E-state index contributed by atoms with van der Waals surface area (Å²) >= 11 is 0. The summed E-state index contributed by atoms with van der Waals surface area (Å²) in [5, 5.41) is 3.36. The number of carbonyl (C=O) groups is 1. The molecule has 0 aromatic heterocycles. The van der Waals surface area contributed by atoms with Crippen LogP contribution in [0.4, 0.5) is 0 Å². The van der Waals surface area contributed by atoms with Crippen LogP contribution in [0.15, 0.2) is 0 Å². The van der Waals surface area contributed by atoms with Gasteiger partial charge in [0.25, 0.3) is 0 Å². The highest BCUT2D eigenvalue weighted by atomic mass is 16.2. The zero-order chi connectivity index (χ0) is 12.8. The van der Waals surface area contributed by atoms with Gasteiger partial charge in [0.1, 0.15) is 0 Å². The van der Waals surface area contributed by atoms with Gasteiger partial charge in [0, 0.05) is 19.1 Å². The van der Waals surface area contributed by atoms with E-state index in [0.717, 1.165) is 39.0 Å². The zero-order valence-corrected chi connectivity index (χ0v) is 11.7. The van der Waals surface area contributed by atoms with Crippen molar-refractivity contribution in [1.29, 1.82) is 0 Å². The molecular weight excluding hydrogens is 214 g/mol. The van der Waals surface area contributed by atoms with Crippen molar-refractivity contribution in [1.82, 2.24) is 15.1 Å². The van der Waals surface area contributed by atoms with E-state index in [1.165, 1.54) is 0 Å². The molecule has 0 aromatic rings. The number of piperidine rings is 1. The van der Waals surface area contributed by atoms with E-state index in [0.29, 0.717) is 6.04 Å². The fourth-order valence-corrected chi connectivity index (χ4v) is 2.50. The van der Waals surface area contributed by atoms with Crippen molar-refractivity contribution in [3.63, 3.8) is 0 Å². The molecule has 1 saturated heterocycles. The molecule has 0 aliphatic carbocycles. The Morgan fingerprint density at radius 3 is 2.29 bits per heavy atom. The molecule has 1 atom stereocenters. The molecular formula is C13H27N3O. The number of carbonyl (C=O) groups excluding carboxylic acids is 1. The fraction of sp³-hybridized carbons (Fsp3) is 0.923. The molecule has 1 heterocycles. The van der Waals surface area contributed by atoms with Gasteiger partial charge in [0.2, 0.25) is 5.91 Å². The lowest BCUT2D eigenvalue weighted by Crippen LogP contribution is -2.51. The number of hydrogen-bond acceptors (Lipinski definition) is 3. The van der Waals surface area contributed by atoms with Gasteiger partial charge in [0.05, 0.1) is 6.04 Å². The Morgan fingerprint density at radius 1 is 1.29 bits per heavy atom. The molecule has 4 nitrogen and oxygen atoms in total. The normalized spacial score (nSPS) is 19.4. The summed E-state index contributed by atoms with van der Waals surface area (Å²) in [7, 11) is 2.09. The first-order valence-corrected chi connectivity index (χ1v) is 6.83. The Hall–Kier alpha value is -0.610. The maximum Gasteiger partial charge on any atom is 0.239 e. The lowest BCUT2D eigenvalue weighted by atomic mass is 10.0. The number of nitrogens with one attached hydrogen (secondary N) is 1. The van der Waals surface area contributed by atoms with Gasteiger partial charge >= 0.3 is 0 Å². The highest BCUT2D eigenvalue weighted by molar-refractivity contribution is 5.81. The molecule has 1 N–H and O–H groups in total. The largest absolute Gasteiger partial charge is 0.342 e. The first kappa shape index (κ1) is 14.5. The van der Waals surface area contributed by atoms with Gasteiger partial charge in [0.15, 0.2) is 0 Å². The van der Waals surface area contributed by atoms with Crippen LogP contribution in [0.2, 0.25) is 0 Å². The zero-order valence-electron chi connectivity index (χ0n) is 11.7. The smallest absolute Gasteiger partial charge is 0.239 e. The predicted octanol–water partition coefficient (Wildman–Crippen LogP) is 0.927. The van der Waals surface area contributed by atoms with Gasteiger partial charge in [-0.1, -0.05) is 0 Å². The topological polar surface area (TPSA) is 35.6 Å². The van der Waals surface area contributed by atoms with E-state index in [4.69, 9.17) is 0 Å². The van der Waals surface area contributed by atoms with Gasteiger partial charge < -0.3 is 10.2 Å². The van der Waals surface area contributed by atoms with Crippen molar-refractivity contribution in [2.45, 2.75) is 45.7 Å². The SMILES string of the molecule is CCN(CC)C(=O)C(C)N(C)C1CCNCC1. The van der Waals surface area contributed by atoms with Gasteiger partial charge in [-0.15, -0.1) is 0 Å². The Bertz CT molecular complexity index is 235. The summed E-state index contributed by atoms with van der Waals surface area (Å²) in [4.78, 5) is 16.4. The summed E-state index contributed by atoms with van der Waals surface area (Å²) in [5.41, 5.74) is 0. The maximum absolute atomic E-state index is 12.3. The monoisotopic (exact) mass is 241 g/mol. The number of amides is 1. The van der Waals surface area contributed by atoms with E-state index in [1.54, 1.807) is 0 Å². The average Bonchev–Trinajstić information content (AvgIpc) is 2.39. The number of nitrogens with zero attached hydrogens (tertiary/aromatic N) is 2. The molecule has 1 aliphatic rings. The Labute approximate surface area is 105 Å². The molecule has 1 unspecified atom stereocenters. The van der Waals surface area contributed by atoms with Crippen molar-refractivity contribution in [3.8, 4) is 0 Å². The fourth-order valence-electron chi connectivity index (χ4n) is 2.50. The number of rotatable bonds is 5. The van der Waals surface area contributed by atoms with Crippen molar-refractivity contribution in [3.05, 3.63) is 0 Å². The second kappa shape index (κ2) is 6.97. The van der Waals surface area contributed by atoms with E-state index in [9.17, 15) is 4.79 Å². The first-order chi connectivity index (χ1) is 8.11. The van der Waals surface area contributed by atoms with E-state index in [-0.39, 0.29) is 11.9 Å². The van der Waals surface area contributed by atoms with E-state index in [1.807, 2.05) is 25.7 Å². The summed E-state index contributed by atoms with van der Waals surface area (Å²) in [6.45, 7) is 9.86. The molecule has 0 saturated carbocycles. The van der Waals surface area contributed by atoms with Crippen LogP contribution in [0.25, 0.3) is 0 Å². The van der Waals surface area contributed by atoms with Crippen molar-refractivity contribution < 1.29 is 4.79 Å². The van der Waals surface area contributed by atoms with Gasteiger partial charge in [-0.05, 0) is 53.8 Å². The molecule has 4 heteroatoms. The minimum absolute atomic E-state index is 0.00185. The molecule has 0 spiro atoms. The van der Waals surface area contributed by atoms with E-state index in [2.05, 4.69) is 17.3 Å².